The summed E-state index contributed by atoms with van der Waals surface area (Å²) in [4.78, 5) is 1.92. The van der Waals surface area contributed by atoms with Crippen molar-refractivity contribution < 1.29 is 4.39 Å². The van der Waals surface area contributed by atoms with E-state index < -0.39 is 6.17 Å². The number of hydrogen-bond acceptors (Lipinski definition) is 2. The highest BCUT2D eigenvalue weighted by Crippen LogP contribution is 2.08. The molecule has 0 amide bonds. The molecule has 1 saturated heterocycles. The smallest absolute Gasteiger partial charge is 0.129 e. The first-order chi connectivity index (χ1) is 4.22. The van der Waals surface area contributed by atoms with E-state index in [4.69, 9.17) is 0 Å². The Morgan fingerprint density at radius 2 is 1.82 bits per heavy atom. The molecule has 2 unspecified atom stereocenters. The summed E-state index contributed by atoms with van der Waals surface area (Å²) in [5.41, 5.74) is 0. The van der Waals surface area contributed by atoms with Crippen LogP contribution in [0.25, 0.3) is 0 Å². The lowest BCUT2D eigenvalue weighted by Crippen LogP contribution is -2.35. The van der Waals surface area contributed by atoms with Crippen molar-refractivity contribution in [1.82, 2.24) is 10.2 Å². The third kappa shape index (κ3) is 3.56. The zero-order valence-electron chi connectivity index (χ0n) is 6.71. The number of likely N-dealkylation sites (N-methyl/N-ethyl adjacent to an activating group) is 1. The maximum Gasteiger partial charge on any atom is 0.129 e. The van der Waals surface area contributed by atoms with Crippen molar-refractivity contribution in [3.63, 3.8) is 0 Å². The van der Waals surface area contributed by atoms with Crippen LogP contribution in [0, 0.1) is 0 Å². The van der Waals surface area contributed by atoms with Gasteiger partial charge in [0.15, 0.2) is 0 Å². The number of nitrogens with one attached hydrogen (secondary N) is 1. The normalized spacial score (nSPS) is 29.5. The van der Waals surface area contributed by atoms with Crippen molar-refractivity contribution in [3.05, 3.63) is 0 Å². The number of halogens is 3. The molecule has 0 aromatic rings. The van der Waals surface area contributed by atoms with E-state index in [1.54, 1.807) is 0 Å². The van der Waals surface area contributed by atoms with Gasteiger partial charge in [0, 0.05) is 13.1 Å². The van der Waals surface area contributed by atoms with Crippen molar-refractivity contribution in [2.45, 2.75) is 12.2 Å². The van der Waals surface area contributed by atoms with E-state index >= 15 is 0 Å². The minimum absolute atomic E-state index is 0. The van der Waals surface area contributed by atoms with Gasteiger partial charge >= 0.3 is 0 Å². The van der Waals surface area contributed by atoms with Gasteiger partial charge in [-0.15, -0.1) is 24.8 Å². The lowest BCUT2D eigenvalue weighted by Gasteiger charge is -2.19. The van der Waals surface area contributed by atoms with Crippen LogP contribution in [0.5, 0.6) is 0 Å². The van der Waals surface area contributed by atoms with Gasteiger partial charge in [0.25, 0.3) is 0 Å². The fraction of sp³-hybridized carbons (Fsp3) is 1.00. The molecule has 1 heterocycles. The van der Waals surface area contributed by atoms with Crippen LogP contribution in [0.3, 0.4) is 0 Å². The summed E-state index contributed by atoms with van der Waals surface area (Å²) in [7, 11) is 3.81. The van der Waals surface area contributed by atoms with Crippen molar-refractivity contribution >= 4 is 24.8 Å². The van der Waals surface area contributed by atoms with Gasteiger partial charge < -0.3 is 10.2 Å². The van der Waals surface area contributed by atoms with Crippen molar-refractivity contribution in [2.24, 2.45) is 0 Å². The quantitative estimate of drug-likeness (QED) is 0.677. The molecule has 1 rings (SSSR count). The molecule has 2 atom stereocenters. The molecule has 1 N–H and O–H groups in total. The second kappa shape index (κ2) is 6.00. The Labute approximate surface area is 79.3 Å². The molecule has 1 aliphatic rings. The number of nitrogens with zero attached hydrogens (tertiary/aromatic N) is 1. The second-order valence-corrected chi connectivity index (χ2v) is 2.71. The Bertz CT molecular complexity index is 103. The molecule has 5 heteroatoms. The minimum Gasteiger partial charge on any atom is -0.312 e. The molecule has 0 spiro atoms. The number of alkyl halides is 1. The van der Waals surface area contributed by atoms with Gasteiger partial charge in [-0.05, 0) is 14.1 Å². The van der Waals surface area contributed by atoms with Gasteiger partial charge in [-0.3, -0.25) is 0 Å². The van der Waals surface area contributed by atoms with Crippen LogP contribution >= 0.6 is 24.8 Å². The molecule has 0 bridgehead atoms. The summed E-state index contributed by atoms with van der Waals surface area (Å²) in [5.74, 6) is 0. The summed E-state index contributed by atoms with van der Waals surface area (Å²) in [6.07, 6.45) is -0.681. The van der Waals surface area contributed by atoms with E-state index in [9.17, 15) is 4.39 Å². The second-order valence-electron chi connectivity index (χ2n) is 2.71. The zero-order valence-corrected chi connectivity index (χ0v) is 8.34. The van der Waals surface area contributed by atoms with Gasteiger partial charge in [-0.2, -0.15) is 0 Å². The van der Waals surface area contributed by atoms with Gasteiger partial charge in [-0.25, -0.2) is 4.39 Å². The molecule has 0 aliphatic carbocycles. The molecule has 1 aliphatic heterocycles. The summed E-state index contributed by atoms with van der Waals surface area (Å²) in [6, 6.07) is 0.0880. The zero-order chi connectivity index (χ0) is 6.85. The van der Waals surface area contributed by atoms with Gasteiger partial charge in [0.2, 0.25) is 0 Å². The fourth-order valence-electron chi connectivity index (χ4n) is 1.14. The van der Waals surface area contributed by atoms with Gasteiger partial charge in [0.1, 0.15) is 6.17 Å². The molecular weight excluding hydrogens is 190 g/mol. The van der Waals surface area contributed by atoms with Crippen LogP contribution < -0.4 is 5.32 Å². The van der Waals surface area contributed by atoms with Gasteiger partial charge in [0.05, 0.1) is 6.04 Å². The third-order valence-electron chi connectivity index (χ3n) is 1.77. The number of hydrogen-bond donors (Lipinski definition) is 1. The fourth-order valence-corrected chi connectivity index (χ4v) is 1.14. The van der Waals surface area contributed by atoms with Crippen LogP contribution in [0.15, 0.2) is 0 Å². The molecule has 0 radical (unpaired) electrons. The topological polar surface area (TPSA) is 15.3 Å². The van der Waals surface area contributed by atoms with E-state index in [0.29, 0.717) is 6.54 Å². The van der Waals surface area contributed by atoms with Crippen LogP contribution in [0.1, 0.15) is 0 Å². The Hall–Kier alpha value is 0.430. The average molecular weight is 205 g/mol. The largest absolute Gasteiger partial charge is 0.312 e. The maximum absolute atomic E-state index is 12.7. The first-order valence-electron chi connectivity index (χ1n) is 3.23. The summed E-state index contributed by atoms with van der Waals surface area (Å²) < 4.78 is 12.7. The highest BCUT2D eigenvalue weighted by atomic mass is 35.5. The molecule has 2 nitrogen and oxygen atoms in total. The molecule has 70 valence electrons. The number of rotatable bonds is 1. The van der Waals surface area contributed by atoms with Gasteiger partial charge in [-0.1, -0.05) is 0 Å². The monoisotopic (exact) mass is 204 g/mol. The standard InChI is InChI=1S/C6H13FN2.2ClH/c1-9(2)6-4-8-3-5(6)7;;/h5-6,8H,3-4H2,1-2H3;2*1H. The van der Waals surface area contributed by atoms with Crippen molar-refractivity contribution in [2.75, 3.05) is 27.2 Å². The molecule has 11 heavy (non-hydrogen) atoms. The first-order valence-corrected chi connectivity index (χ1v) is 3.23. The van der Waals surface area contributed by atoms with Crippen molar-refractivity contribution in [3.8, 4) is 0 Å². The summed E-state index contributed by atoms with van der Waals surface area (Å²) >= 11 is 0. The summed E-state index contributed by atoms with van der Waals surface area (Å²) in [5, 5.41) is 2.99. The molecule has 0 aromatic carbocycles. The predicted molar refractivity (Wildman–Crippen MR) is 49.7 cm³/mol. The molecule has 0 aromatic heterocycles. The lowest BCUT2D eigenvalue weighted by molar-refractivity contribution is 0.202. The average Bonchev–Trinajstić information content (AvgIpc) is 2.13. The van der Waals surface area contributed by atoms with Crippen LogP contribution in [-0.4, -0.2) is 44.3 Å². The Morgan fingerprint density at radius 1 is 1.27 bits per heavy atom. The predicted octanol–water partition coefficient (Wildman–Crippen LogP) is 0.701. The van der Waals surface area contributed by atoms with E-state index in [0.717, 1.165) is 6.54 Å². The Kier molecular flexibility index (Phi) is 7.63. The van der Waals surface area contributed by atoms with Crippen molar-refractivity contribution in [1.29, 1.82) is 0 Å². The highest BCUT2D eigenvalue weighted by Gasteiger charge is 2.27. The third-order valence-corrected chi connectivity index (χ3v) is 1.77. The highest BCUT2D eigenvalue weighted by molar-refractivity contribution is 5.85. The Morgan fingerprint density at radius 3 is 2.00 bits per heavy atom. The van der Waals surface area contributed by atoms with E-state index in [1.807, 2.05) is 19.0 Å². The van der Waals surface area contributed by atoms with Crippen LogP contribution in [-0.2, 0) is 0 Å². The maximum atomic E-state index is 12.7. The lowest BCUT2D eigenvalue weighted by atomic mass is 10.2. The van der Waals surface area contributed by atoms with E-state index in [1.165, 1.54) is 0 Å². The molecule has 0 saturated carbocycles. The summed E-state index contributed by atoms with van der Waals surface area (Å²) in [6.45, 7) is 1.30. The van der Waals surface area contributed by atoms with Crippen LogP contribution in [0.2, 0.25) is 0 Å². The minimum atomic E-state index is -0.681. The SMILES string of the molecule is CN(C)C1CNCC1F.Cl.Cl. The Balaban J connectivity index is 0. The van der Waals surface area contributed by atoms with E-state index in [-0.39, 0.29) is 30.9 Å². The molecular formula is C6H15Cl2FN2. The van der Waals surface area contributed by atoms with E-state index in [2.05, 4.69) is 5.32 Å². The first kappa shape index (κ1) is 14.0. The van der Waals surface area contributed by atoms with Crippen LogP contribution in [0.4, 0.5) is 4.39 Å². The molecule has 1 fully saturated rings.